The van der Waals surface area contributed by atoms with Gasteiger partial charge < -0.3 is 19.4 Å². The van der Waals surface area contributed by atoms with Gasteiger partial charge in [-0.3, -0.25) is 0 Å². The van der Waals surface area contributed by atoms with Gasteiger partial charge in [0.05, 0.1) is 6.54 Å². The van der Waals surface area contributed by atoms with Gasteiger partial charge in [0.15, 0.2) is 0 Å². The van der Waals surface area contributed by atoms with Crippen LogP contribution < -0.4 is 4.74 Å². The van der Waals surface area contributed by atoms with Crippen molar-refractivity contribution in [3.05, 3.63) is 60.9 Å². The minimum Gasteiger partial charge on any atom is -0.492 e. The maximum atomic E-state index is 13.0. The van der Waals surface area contributed by atoms with Crippen LogP contribution in [-0.4, -0.2) is 45.8 Å². The van der Waals surface area contributed by atoms with Crippen molar-refractivity contribution in [1.29, 1.82) is 0 Å². The van der Waals surface area contributed by atoms with E-state index in [2.05, 4.69) is 60.2 Å². The first-order valence-corrected chi connectivity index (χ1v) is 12.9. The number of hydrogen-bond acceptors (Lipinski definition) is 4. The van der Waals surface area contributed by atoms with Crippen molar-refractivity contribution in [3.8, 4) is 28.3 Å². The van der Waals surface area contributed by atoms with Gasteiger partial charge in [-0.25, -0.2) is 9.78 Å². The second-order valence-corrected chi connectivity index (χ2v) is 11.5. The van der Waals surface area contributed by atoms with Crippen LogP contribution in [0.1, 0.15) is 60.3 Å². The first-order valence-electron chi connectivity index (χ1n) is 12.9. The maximum absolute atomic E-state index is 13.0. The number of amides is 1. The van der Waals surface area contributed by atoms with Gasteiger partial charge in [-0.15, -0.1) is 0 Å². The molecule has 1 saturated carbocycles. The Morgan fingerprint density at radius 3 is 2.14 bits per heavy atom. The smallest absolute Gasteiger partial charge is 0.410 e. The lowest BCUT2D eigenvalue weighted by Gasteiger charge is -2.40. The van der Waals surface area contributed by atoms with Crippen molar-refractivity contribution in [2.75, 3.05) is 13.2 Å². The van der Waals surface area contributed by atoms with E-state index in [0.29, 0.717) is 18.6 Å². The van der Waals surface area contributed by atoms with Gasteiger partial charge in [0.25, 0.3) is 0 Å². The van der Waals surface area contributed by atoms with Crippen molar-refractivity contribution in [2.45, 2.75) is 71.9 Å². The molecule has 1 aromatic heterocycles. The molecule has 36 heavy (non-hydrogen) atoms. The topological polar surface area (TPSA) is 67.5 Å². The van der Waals surface area contributed by atoms with Gasteiger partial charge in [0.1, 0.15) is 23.8 Å². The van der Waals surface area contributed by atoms with Crippen molar-refractivity contribution in [1.82, 2.24) is 14.9 Å². The van der Waals surface area contributed by atoms with E-state index in [9.17, 15) is 4.79 Å². The van der Waals surface area contributed by atoms with E-state index in [1.54, 1.807) is 6.20 Å². The highest BCUT2D eigenvalue weighted by atomic mass is 16.6. The molecule has 0 unspecified atom stereocenters. The van der Waals surface area contributed by atoms with E-state index < -0.39 is 5.60 Å². The van der Waals surface area contributed by atoms with Crippen molar-refractivity contribution in [2.24, 2.45) is 5.41 Å². The van der Waals surface area contributed by atoms with Crippen LogP contribution in [-0.2, 0) is 4.74 Å². The predicted molar refractivity (Wildman–Crippen MR) is 144 cm³/mol. The number of rotatable bonds is 7. The molecule has 2 aromatic carbocycles. The molecule has 1 heterocycles. The number of imidazole rings is 1. The van der Waals surface area contributed by atoms with Crippen LogP contribution >= 0.6 is 0 Å². The Kier molecular flexibility index (Phi) is 7.72. The molecule has 0 radical (unpaired) electrons. The summed E-state index contributed by atoms with van der Waals surface area (Å²) in [6, 6.07) is 16.6. The Balaban J connectivity index is 1.35. The third-order valence-electron chi connectivity index (χ3n) is 6.82. The van der Waals surface area contributed by atoms with Crippen LogP contribution in [0, 0.1) is 5.41 Å². The average Bonchev–Trinajstić information content (AvgIpc) is 3.37. The van der Waals surface area contributed by atoms with E-state index in [4.69, 9.17) is 9.47 Å². The molecule has 1 aliphatic carbocycles. The molecule has 1 aliphatic rings. The zero-order chi connectivity index (χ0) is 25.8. The average molecular weight is 490 g/mol. The van der Waals surface area contributed by atoms with Crippen LogP contribution in [0.5, 0.6) is 5.75 Å². The van der Waals surface area contributed by atoms with Crippen molar-refractivity contribution in [3.63, 3.8) is 0 Å². The molecule has 6 nitrogen and oxygen atoms in total. The molecule has 3 aromatic rings. The largest absolute Gasteiger partial charge is 0.492 e. The summed E-state index contributed by atoms with van der Waals surface area (Å²) >= 11 is 0. The van der Waals surface area contributed by atoms with Crippen LogP contribution in [0.3, 0.4) is 0 Å². The van der Waals surface area contributed by atoms with Gasteiger partial charge in [-0.05, 0) is 75.1 Å². The Labute approximate surface area is 215 Å². The van der Waals surface area contributed by atoms with Crippen LogP contribution in [0.4, 0.5) is 4.79 Å². The molecule has 0 saturated heterocycles. The number of aromatic amines is 1. The van der Waals surface area contributed by atoms with E-state index in [1.165, 1.54) is 0 Å². The summed E-state index contributed by atoms with van der Waals surface area (Å²) in [6.07, 6.45) is 7.56. The molecule has 4 rings (SSSR count). The molecule has 1 N–H and O–H groups in total. The zero-order valence-electron chi connectivity index (χ0n) is 22.2. The molecule has 0 atom stereocenters. The molecule has 0 bridgehead atoms. The molecule has 1 amide bonds. The minimum absolute atomic E-state index is 0.197. The number of nitrogens with zero attached hydrogens (tertiary/aromatic N) is 2. The van der Waals surface area contributed by atoms with E-state index in [1.807, 2.05) is 44.0 Å². The molecule has 0 spiro atoms. The second-order valence-electron chi connectivity index (χ2n) is 11.5. The van der Waals surface area contributed by atoms with E-state index in [-0.39, 0.29) is 12.1 Å². The molecular formula is C30H39N3O3. The summed E-state index contributed by atoms with van der Waals surface area (Å²) in [5, 5.41) is 0. The van der Waals surface area contributed by atoms with Crippen LogP contribution in [0.2, 0.25) is 0 Å². The van der Waals surface area contributed by atoms with Gasteiger partial charge >= 0.3 is 6.09 Å². The monoisotopic (exact) mass is 489 g/mol. The number of H-pyrrole nitrogens is 1. The molecule has 0 aliphatic heterocycles. The number of aromatic nitrogens is 2. The Morgan fingerprint density at radius 1 is 1.00 bits per heavy atom. The van der Waals surface area contributed by atoms with Crippen LogP contribution in [0.15, 0.2) is 60.9 Å². The summed E-state index contributed by atoms with van der Waals surface area (Å²) in [5.74, 6) is 1.66. The Hall–Kier alpha value is -3.28. The number of carbonyl (C=O) groups is 1. The molecule has 1 fully saturated rings. The fraction of sp³-hybridized carbons (Fsp3) is 0.467. The SMILES string of the molecule is CC1(C)CCC(N(CCOc2ccc(-c3ccc(-c4ncc[nH]4)cc3)cc2)C(=O)OC(C)(C)C)CC1. The summed E-state index contributed by atoms with van der Waals surface area (Å²) in [5.41, 5.74) is 3.13. The summed E-state index contributed by atoms with van der Waals surface area (Å²) in [6.45, 7) is 11.3. The van der Waals surface area contributed by atoms with E-state index in [0.717, 1.165) is 53.9 Å². The first-order chi connectivity index (χ1) is 17.1. The maximum Gasteiger partial charge on any atom is 0.410 e. The fourth-order valence-electron chi connectivity index (χ4n) is 4.69. The lowest BCUT2D eigenvalue weighted by Crippen LogP contribution is -2.47. The summed E-state index contributed by atoms with van der Waals surface area (Å²) in [7, 11) is 0. The predicted octanol–water partition coefficient (Wildman–Crippen LogP) is 7.33. The number of ether oxygens (including phenoxy) is 2. The third kappa shape index (κ3) is 6.90. The zero-order valence-corrected chi connectivity index (χ0v) is 22.2. The van der Waals surface area contributed by atoms with Gasteiger partial charge in [-0.1, -0.05) is 50.2 Å². The first kappa shape index (κ1) is 25.8. The Morgan fingerprint density at radius 2 is 1.58 bits per heavy atom. The number of carbonyl (C=O) groups excluding carboxylic acids is 1. The van der Waals surface area contributed by atoms with Crippen molar-refractivity contribution >= 4 is 6.09 Å². The number of benzene rings is 2. The molecular weight excluding hydrogens is 450 g/mol. The second kappa shape index (κ2) is 10.8. The number of hydrogen-bond donors (Lipinski definition) is 1. The van der Waals surface area contributed by atoms with E-state index >= 15 is 0 Å². The normalized spacial score (nSPS) is 15.9. The van der Waals surface area contributed by atoms with Gasteiger partial charge in [0.2, 0.25) is 0 Å². The third-order valence-corrected chi connectivity index (χ3v) is 6.82. The molecule has 192 valence electrons. The summed E-state index contributed by atoms with van der Waals surface area (Å²) < 4.78 is 11.8. The highest BCUT2D eigenvalue weighted by Gasteiger charge is 2.34. The summed E-state index contributed by atoms with van der Waals surface area (Å²) in [4.78, 5) is 22.3. The lowest BCUT2D eigenvalue weighted by atomic mass is 9.75. The van der Waals surface area contributed by atoms with Crippen molar-refractivity contribution < 1.29 is 14.3 Å². The standard InChI is InChI=1S/C30H39N3O3/c1-29(2,3)36-28(34)33(25-14-16-30(4,5)17-15-25)20-21-35-26-12-10-23(11-13-26)22-6-8-24(9-7-22)27-31-18-19-32-27/h6-13,18-19,25H,14-17,20-21H2,1-5H3,(H,31,32). The fourth-order valence-corrected chi connectivity index (χ4v) is 4.69. The van der Waals surface area contributed by atoms with Gasteiger partial charge in [-0.2, -0.15) is 0 Å². The van der Waals surface area contributed by atoms with Crippen LogP contribution in [0.25, 0.3) is 22.5 Å². The highest BCUT2D eigenvalue weighted by molar-refractivity contribution is 5.69. The number of nitrogens with one attached hydrogen (secondary N) is 1. The Bertz CT molecular complexity index is 1100. The molecule has 6 heteroatoms. The highest BCUT2D eigenvalue weighted by Crippen LogP contribution is 2.37. The minimum atomic E-state index is -0.518. The quantitative estimate of drug-likeness (QED) is 0.377. The lowest BCUT2D eigenvalue weighted by molar-refractivity contribution is 0.00425. The van der Waals surface area contributed by atoms with Gasteiger partial charge in [0, 0.05) is 24.0 Å².